The molecule has 2 atom stereocenters. The molecule has 0 bridgehead atoms. The average molecular weight is 709 g/mol. The van der Waals surface area contributed by atoms with Gasteiger partial charge in [0, 0.05) is 23.0 Å². The smallest absolute Gasteiger partial charge is 0.390 e. The van der Waals surface area contributed by atoms with Crippen molar-refractivity contribution in [2.24, 2.45) is 5.92 Å². The maximum atomic E-state index is 14.7. The van der Waals surface area contributed by atoms with Gasteiger partial charge < -0.3 is 20.7 Å². The molecule has 17 heteroatoms. The Hall–Kier alpha value is -2.87. The number of halogens is 9. The Bertz CT molecular complexity index is 1360. The molecule has 3 N–H and O–H groups in total. The standard InChI is InChI=1S/C27H26Cl4F5N3O5/c1-13(2)22(23(41)27(35,36)25(43)37-6-5-26(32,33)34)39-24(42)20(8-14-3-4-18(30)19(31)7-14)38-21(40)12-44-17-10-15(28)9-16(29)11-17/h3-4,7,9-11,13,20,22H,5-6,8,12H2,1-2H3,(H,37,43)(H,38,40)(H,39,42)/t20-,22-/m0/s1. The Labute approximate surface area is 268 Å². The highest BCUT2D eigenvalue weighted by Gasteiger charge is 2.51. The number of rotatable bonds is 14. The van der Waals surface area contributed by atoms with Crippen molar-refractivity contribution in [1.29, 1.82) is 0 Å². The van der Waals surface area contributed by atoms with E-state index in [4.69, 9.17) is 51.1 Å². The number of Topliss-reactive ketones (excluding diaryl/α,β-unsaturated/α-hetero) is 1. The summed E-state index contributed by atoms with van der Waals surface area (Å²) >= 11 is 23.8. The van der Waals surface area contributed by atoms with Crippen molar-refractivity contribution in [3.8, 4) is 5.75 Å². The van der Waals surface area contributed by atoms with Gasteiger partial charge in [0.05, 0.1) is 22.5 Å². The topological polar surface area (TPSA) is 114 Å². The molecule has 2 aromatic carbocycles. The van der Waals surface area contributed by atoms with E-state index in [0.29, 0.717) is 5.56 Å². The quantitative estimate of drug-likeness (QED) is 0.169. The van der Waals surface area contributed by atoms with Gasteiger partial charge in [0.15, 0.2) is 6.61 Å². The molecule has 0 aromatic heterocycles. The van der Waals surface area contributed by atoms with E-state index in [9.17, 15) is 41.1 Å². The number of ether oxygens (including phenoxy) is 1. The predicted octanol–water partition coefficient (Wildman–Crippen LogP) is 5.82. The fourth-order valence-corrected chi connectivity index (χ4v) is 4.46. The molecule has 3 amide bonds. The summed E-state index contributed by atoms with van der Waals surface area (Å²) in [5, 5.41) is 6.63. The third-order valence-electron chi connectivity index (χ3n) is 5.82. The van der Waals surface area contributed by atoms with E-state index in [1.54, 1.807) is 0 Å². The van der Waals surface area contributed by atoms with Crippen LogP contribution in [0.15, 0.2) is 36.4 Å². The van der Waals surface area contributed by atoms with Crippen molar-refractivity contribution in [3.05, 3.63) is 62.1 Å². The fraction of sp³-hybridized carbons (Fsp3) is 0.407. The van der Waals surface area contributed by atoms with Gasteiger partial charge in [0.2, 0.25) is 11.7 Å². The van der Waals surface area contributed by atoms with Gasteiger partial charge >= 0.3 is 12.1 Å². The SMILES string of the molecule is CC(C)[C@H](NC(=O)[C@H](Cc1ccc(Cl)c(Cl)c1)NC(=O)COc1cc(Cl)cc(Cl)c1)C(=O)C(F)(F)C(=O)NCCC(F)(F)F. The number of hydrogen-bond acceptors (Lipinski definition) is 5. The molecule has 2 rings (SSSR count). The second kappa shape index (κ2) is 15.9. The Kier molecular flexibility index (Phi) is 13.5. The van der Waals surface area contributed by atoms with Crippen molar-refractivity contribution in [3.63, 3.8) is 0 Å². The number of ketones is 1. The van der Waals surface area contributed by atoms with Gasteiger partial charge in [0.25, 0.3) is 11.8 Å². The van der Waals surface area contributed by atoms with Crippen molar-refractivity contribution >= 4 is 69.9 Å². The third kappa shape index (κ3) is 11.6. The molecule has 0 radical (unpaired) electrons. The van der Waals surface area contributed by atoms with E-state index in [-0.39, 0.29) is 32.3 Å². The monoisotopic (exact) mass is 707 g/mol. The van der Waals surface area contributed by atoms with Gasteiger partial charge in [-0.15, -0.1) is 0 Å². The third-order valence-corrected chi connectivity index (χ3v) is 6.99. The van der Waals surface area contributed by atoms with Crippen LogP contribution in [0.25, 0.3) is 0 Å². The van der Waals surface area contributed by atoms with Crippen LogP contribution >= 0.6 is 46.4 Å². The normalized spacial score (nSPS) is 13.2. The van der Waals surface area contributed by atoms with Gasteiger partial charge in [-0.3, -0.25) is 19.2 Å². The highest BCUT2D eigenvalue weighted by Crippen LogP contribution is 2.26. The highest BCUT2D eigenvalue weighted by molar-refractivity contribution is 6.42. The summed E-state index contributed by atoms with van der Waals surface area (Å²) in [7, 11) is 0. The number of carbonyl (C=O) groups is 4. The largest absolute Gasteiger partial charge is 0.484 e. The van der Waals surface area contributed by atoms with Gasteiger partial charge in [-0.25, -0.2) is 0 Å². The average Bonchev–Trinajstić information content (AvgIpc) is 2.90. The fourth-order valence-electron chi connectivity index (χ4n) is 3.63. The first kappa shape index (κ1) is 37.3. The van der Waals surface area contributed by atoms with Crippen LogP contribution in [0.5, 0.6) is 5.75 Å². The molecule has 0 fully saturated rings. The first-order valence-electron chi connectivity index (χ1n) is 12.7. The zero-order chi connectivity index (χ0) is 33.4. The van der Waals surface area contributed by atoms with Crippen LogP contribution in [0.2, 0.25) is 20.1 Å². The van der Waals surface area contributed by atoms with E-state index in [2.05, 4.69) is 10.6 Å². The van der Waals surface area contributed by atoms with Crippen LogP contribution in [0, 0.1) is 5.92 Å². The van der Waals surface area contributed by atoms with Crippen LogP contribution in [0.3, 0.4) is 0 Å². The number of benzene rings is 2. The molecular formula is C27H26Cl4F5N3O5. The first-order valence-corrected chi connectivity index (χ1v) is 14.2. The van der Waals surface area contributed by atoms with E-state index in [1.807, 2.05) is 0 Å². The molecule has 2 aromatic rings. The van der Waals surface area contributed by atoms with Crippen LogP contribution in [-0.2, 0) is 25.6 Å². The van der Waals surface area contributed by atoms with Crippen molar-refractivity contribution in [2.75, 3.05) is 13.2 Å². The zero-order valence-corrected chi connectivity index (χ0v) is 26.0. The Morgan fingerprint density at radius 1 is 0.864 bits per heavy atom. The lowest BCUT2D eigenvalue weighted by molar-refractivity contribution is -0.162. The first-order chi connectivity index (χ1) is 20.3. The summed E-state index contributed by atoms with van der Waals surface area (Å²) < 4.78 is 71.9. The number of hydrogen-bond donors (Lipinski definition) is 3. The molecule has 242 valence electrons. The Balaban J connectivity index is 2.24. The van der Waals surface area contributed by atoms with Crippen molar-refractivity contribution in [1.82, 2.24) is 16.0 Å². The zero-order valence-electron chi connectivity index (χ0n) is 23.0. The van der Waals surface area contributed by atoms with E-state index in [0.717, 1.165) is 0 Å². The minimum absolute atomic E-state index is 0.113. The molecule has 0 saturated carbocycles. The molecular weight excluding hydrogens is 683 g/mol. The summed E-state index contributed by atoms with van der Waals surface area (Å²) in [6.45, 7) is 0.754. The number of nitrogens with one attached hydrogen (secondary N) is 3. The van der Waals surface area contributed by atoms with Gasteiger partial charge in [-0.1, -0.05) is 66.3 Å². The molecule has 0 saturated heterocycles. The lowest BCUT2D eigenvalue weighted by atomic mass is 9.94. The minimum Gasteiger partial charge on any atom is -0.484 e. The lowest BCUT2D eigenvalue weighted by Crippen LogP contribution is -2.59. The molecule has 0 aliphatic carbocycles. The molecule has 0 unspecified atom stereocenters. The van der Waals surface area contributed by atoms with Crippen LogP contribution in [-0.4, -0.2) is 60.8 Å². The molecule has 0 spiro atoms. The summed E-state index contributed by atoms with van der Waals surface area (Å²) in [5.74, 6) is -11.9. The maximum absolute atomic E-state index is 14.7. The lowest BCUT2D eigenvalue weighted by Gasteiger charge is -2.27. The van der Waals surface area contributed by atoms with Crippen LogP contribution in [0.1, 0.15) is 25.8 Å². The minimum atomic E-state index is -4.79. The predicted molar refractivity (Wildman–Crippen MR) is 154 cm³/mol. The Morgan fingerprint density at radius 2 is 1.48 bits per heavy atom. The Morgan fingerprint density at radius 3 is 2.02 bits per heavy atom. The summed E-state index contributed by atoms with van der Waals surface area (Å²) in [6, 6.07) is 4.99. The molecule has 8 nitrogen and oxygen atoms in total. The van der Waals surface area contributed by atoms with Gasteiger partial charge in [0.1, 0.15) is 11.8 Å². The summed E-state index contributed by atoms with van der Waals surface area (Å²) in [4.78, 5) is 50.7. The summed E-state index contributed by atoms with van der Waals surface area (Å²) in [5.41, 5.74) is 0.379. The summed E-state index contributed by atoms with van der Waals surface area (Å²) in [6.07, 6.45) is -6.59. The molecule has 0 aliphatic rings. The van der Waals surface area contributed by atoms with E-state index in [1.165, 1.54) is 55.6 Å². The number of amides is 3. The van der Waals surface area contributed by atoms with Crippen molar-refractivity contribution < 1.29 is 45.9 Å². The number of alkyl halides is 5. The number of carbonyl (C=O) groups excluding carboxylic acids is 4. The maximum Gasteiger partial charge on any atom is 0.390 e. The van der Waals surface area contributed by atoms with E-state index >= 15 is 0 Å². The second-order valence-electron chi connectivity index (χ2n) is 9.76. The molecule has 0 heterocycles. The van der Waals surface area contributed by atoms with Gasteiger partial charge in [-0.05, 0) is 41.8 Å². The molecule has 44 heavy (non-hydrogen) atoms. The van der Waals surface area contributed by atoms with Crippen LogP contribution in [0.4, 0.5) is 22.0 Å². The second-order valence-corrected chi connectivity index (χ2v) is 11.4. The highest BCUT2D eigenvalue weighted by atomic mass is 35.5. The van der Waals surface area contributed by atoms with Gasteiger partial charge in [-0.2, -0.15) is 22.0 Å². The van der Waals surface area contributed by atoms with E-state index < -0.39 is 73.2 Å². The van der Waals surface area contributed by atoms with Crippen molar-refractivity contribution in [2.45, 2.75) is 50.9 Å². The van der Waals surface area contributed by atoms with Crippen LogP contribution < -0.4 is 20.7 Å². The molecule has 0 aliphatic heterocycles.